The van der Waals surface area contributed by atoms with Gasteiger partial charge in [-0.25, -0.2) is 0 Å². The lowest BCUT2D eigenvalue weighted by molar-refractivity contribution is -0.122. The van der Waals surface area contributed by atoms with Gasteiger partial charge in [-0.15, -0.1) is 0 Å². The van der Waals surface area contributed by atoms with Gasteiger partial charge in [-0.05, 0) is 31.4 Å². The monoisotopic (exact) mass is 230 g/mol. The van der Waals surface area contributed by atoms with E-state index in [1.165, 1.54) is 12.8 Å². The zero-order valence-electron chi connectivity index (χ0n) is 9.98. The normalized spacial score (nSPS) is 19.6. The summed E-state index contributed by atoms with van der Waals surface area (Å²) < 4.78 is 0. The molecule has 1 aromatic carbocycles. The van der Waals surface area contributed by atoms with Crippen LogP contribution in [0.15, 0.2) is 18.2 Å². The Morgan fingerprint density at radius 3 is 2.82 bits per heavy atom. The van der Waals surface area contributed by atoms with Gasteiger partial charge in [0.05, 0.1) is 0 Å². The number of nitrogens with two attached hydrogens (primary N) is 1. The van der Waals surface area contributed by atoms with E-state index in [1.807, 2.05) is 23.1 Å². The third-order valence-corrected chi connectivity index (χ3v) is 4.03. The van der Waals surface area contributed by atoms with Gasteiger partial charge < -0.3 is 10.6 Å². The molecule has 0 aromatic heterocycles. The summed E-state index contributed by atoms with van der Waals surface area (Å²) in [6, 6.07) is 5.88. The maximum Gasteiger partial charge on any atom is 0.230 e. The molecule has 2 aliphatic rings. The van der Waals surface area contributed by atoms with Crippen molar-refractivity contribution in [3.8, 4) is 0 Å². The second kappa shape index (κ2) is 4.06. The number of fused-ring (bicyclic) bond motifs is 1. The number of nitrogen functional groups attached to an aromatic ring is 1. The Labute approximate surface area is 102 Å². The highest BCUT2D eigenvalue weighted by Gasteiger charge is 2.32. The first kappa shape index (κ1) is 10.6. The molecule has 1 saturated carbocycles. The van der Waals surface area contributed by atoms with Crippen molar-refractivity contribution in [2.45, 2.75) is 32.1 Å². The number of carbonyl (C=O) groups excluding carboxylic acids is 1. The van der Waals surface area contributed by atoms with Crippen molar-refractivity contribution >= 4 is 17.3 Å². The lowest BCUT2D eigenvalue weighted by atomic mass is 10.1. The minimum atomic E-state index is 0.252. The highest BCUT2D eigenvalue weighted by atomic mass is 16.2. The number of hydrogen-bond acceptors (Lipinski definition) is 2. The molecule has 1 amide bonds. The van der Waals surface area contributed by atoms with Crippen LogP contribution in [0, 0.1) is 5.92 Å². The Balaban J connectivity index is 1.88. The van der Waals surface area contributed by atoms with Crippen molar-refractivity contribution in [1.82, 2.24) is 0 Å². The lowest BCUT2D eigenvalue weighted by Crippen LogP contribution is -2.33. The summed E-state index contributed by atoms with van der Waals surface area (Å²) in [6.45, 7) is 0.804. The topological polar surface area (TPSA) is 46.3 Å². The van der Waals surface area contributed by atoms with Crippen molar-refractivity contribution in [3.05, 3.63) is 23.8 Å². The smallest absolute Gasteiger partial charge is 0.230 e. The predicted molar refractivity (Wildman–Crippen MR) is 68.9 cm³/mol. The molecule has 2 N–H and O–H groups in total. The first-order valence-electron chi connectivity index (χ1n) is 6.46. The fourth-order valence-corrected chi connectivity index (χ4v) is 3.08. The van der Waals surface area contributed by atoms with E-state index in [0.717, 1.165) is 42.7 Å². The largest absolute Gasteiger partial charge is 0.398 e. The van der Waals surface area contributed by atoms with Crippen LogP contribution in [0.25, 0.3) is 0 Å². The Morgan fingerprint density at radius 2 is 2.06 bits per heavy atom. The first-order valence-corrected chi connectivity index (χ1v) is 6.46. The van der Waals surface area contributed by atoms with Gasteiger partial charge in [-0.2, -0.15) is 0 Å². The maximum absolute atomic E-state index is 12.4. The molecule has 0 atom stereocenters. The number of nitrogens with zero attached hydrogens (tertiary/aromatic N) is 1. The zero-order valence-corrected chi connectivity index (χ0v) is 9.98. The summed E-state index contributed by atoms with van der Waals surface area (Å²) in [5, 5.41) is 0. The number of hydrogen-bond donors (Lipinski definition) is 1. The van der Waals surface area contributed by atoms with Crippen molar-refractivity contribution in [3.63, 3.8) is 0 Å². The van der Waals surface area contributed by atoms with E-state index in [-0.39, 0.29) is 5.92 Å². The van der Waals surface area contributed by atoms with Gasteiger partial charge in [0.1, 0.15) is 0 Å². The molecule has 0 unspecified atom stereocenters. The van der Waals surface area contributed by atoms with Gasteiger partial charge >= 0.3 is 0 Å². The Morgan fingerprint density at radius 1 is 1.29 bits per heavy atom. The predicted octanol–water partition coefficient (Wildman–Crippen LogP) is 2.35. The molecule has 1 fully saturated rings. The number of amides is 1. The fourth-order valence-electron chi connectivity index (χ4n) is 3.08. The molecule has 0 radical (unpaired) electrons. The Kier molecular flexibility index (Phi) is 2.54. The molecule has 17 heavy (non-hydrogen) atoms. The average Bonchev–Trinajstić information content (AvgIpc) is 2.98. The van der Waals surface area contributed by atoms with Crippen LogP contribution < -0.4 is 10.6 Å². The first-order chi connectivity index (χ1) is 8.27. The number of anilines is 2. The van der Waals surface area contributed by atoms with E-state index in [0.29, 0.717) is 5.91 Å². The van der Waals surface area contributed by atoms with Crippen molar-refractivity contribution in [1.29, 1.82) is 0 Å². The molecule has 1 heterocycles. The molecule has 3 heteroatoms. The number of benzene rings is 1. The van der Waals surface area contributed by atoms with Gasteiger partial charge in [0.15, 0.2) is 0 Å². The summed E-state index contributed by atoms with van der Waals surface area (Å²) in [7, 11) is 0. The SMILES string of the molecule is Nc1cccc2c1CCN2C(=O)C1CCCC1. The molecule has 1 aromatic rings. The standard InChI is InChI=1S/C14H18N2O/c15-12-6-3-7-13-11(12)8-9-16(13)14(17)10-4-1-2-5-10/h3,6-7,10H,1-2,4-5,8-9,15H2. The van der Waals surface area contributed by atoms with Crippen molar-refractivity contribution < 1.29 is 4.79 Å². The minimum absolute atomic E-state index is 0.252. The molecule has 0 spiro atoms. The van der Waals surface area contributed by atoms with Crippen LogP contribution in [-0.2, 0) is 11.2 Å². The van der Waals surface area contributed by atoms with Gasteiger partial charge in [0, 0.05) is 29.4 Å². The van der Waals surface area contributed by atoms with E-state index in [2.05, 4.69) is 0 Å². The molecule has 90 valence electrons. The molecule has 3 nitrogen and oxygen atoms in total. The van der Waals surface area contributed by atoms with Gasteiger partial charge in [0.2, 0.25) is 5.91 Å². The second-order valence-electron chi connectivity index (χ2n) is 5.07. The van der Waals surface area contributed by atoms with Crippen LogP contribution >= 0.6 is 0 Å². The molecular formula is C14H18N2O. The van der Waals surface area contributed by atoms with E-state index >= 15 is 0 Å². The Hall–Kier alpha value is -1.51. The van der Waals surface area contributed by atoms with Gasteiger partial charge in [0.25, 0.3) is 0 Å². The fraction of sp³-hybridized carbons (Fsp3) is 0.500. The van der Waals surface area contributed by atoms with E-state index in [9.17, 15) is 4.79 Å². The third-order valence-electron chi connectivity index (χ3n) is 4.03. The molecule has 0 bridgehead atoms. The molecule has 1 aliphatic carbocycles. The van der Waals surface area contributed by atoms with Crippen LogP contribution in [0.4, 0.5) is 11.4 Å². The van der Waals surface area contributed by atoms with E-state index in [1.54, 1.807) is 0 Å². The molecular weight excluding hydrogens is 212 g/mol. The second-order valence-corrected chi connectivity index (χ2v) is 5.07. The number of carbonyl (C=O) groups is 1. The average molecular weight is 230 g/mol. The molecule has 1 aliphatic heterocycles. The van der Waals surface area contributed by atoms with Crippen LogP contribution in [0.2, 0.25) is 0 Å². The van der Waals surface area contributed by atoms with E-state index in [4.69, 9.17) is 5.73 Å². The molecule has 3 rings (SSSR count). The molecule has 0 saturated heterocycles. The maximum atomic E-state index is 12.4. The van der Waals surface area contributed by atoms with Crippen LogP contribution in [-0.4, -0.2) is 12.5 Å². The quantitative estimate of drug-likeness (QED) is 0.753. The summed E-state index contributed by atoms with van der Waals surface area (Å²) in [5.41, 5.74) is 8.97. The van der Waals surface area contributed by atoms with E-state index < -0.39 is 0 Å². The highest BCUT2D eigenvalue weighted by molar-refractivity contribution is 5.98. The van der Waals surface area contributed by atoms with Gasteiger partial charge in [-0.1, -0.05) is 18.9 Å². The lowest BCUT2D eigenvalue weighted by Gasteiger charge is -2.21. The minimum Gasteiger partial charge on any atom is -0.398 e. The number of rotatable bonds is 1. The van der Waals surface area contributed by atoms with Crippen LogP contribution in [0.5, 0.6) is 0 Å². The highest BCUT2D eigenvalue weighted by Crippen LogP contribution is 2.35. The van der Waals surface area contributed by atoms with Crippen LogP contribution in [0.1, 0.15) is 31.2 Å². The zero-order chi connectivity index (χ0) is 11.8. The van der Waals surface area contributed by atoms with Crippen molar-refractivity contribution in [2.75, 3.05) is 17.2 Å². The van der Waals surface area contributed by atoms with Crippen LogP contribution in [0.3, 0.4) is 0 Å². The Bertz CT molecular complexity index is 450. The van der Waals surface area contributed by atoms with Crippen molar-refractivity contribution in [2.24, 2.45) is 5.92 Å². The summed E-state index contributed by atoms with van der Waals surface area (Å²) in [5.74, 6) is 0.564. The summed E-state index contributed by atoms with van der Waals surface area (Å²) in [6.07, 6.45) is 5.43. The third kappa shape index (κ3) is 1.70. The summed E-state index contributed by atoms with van der Waals surface area (Å²) >= 11 is 0. The van der Waals surface area contributed by atoms with Gasteiger partial charge in [-0.3, -0.25) is 4.79 Å². The summed E-state index contributed by atoms with van der Waals surface area (Å²) in [4.78, 5) is 14.4.